The molecule has 3 atom stereocenters. The van der Waals surface area contributed by atoms with E-state index < -0.39 is 0 Å². The minimum absolute atomic E-state index is 0.425. The first-order valence-electron chi connectivity index (χ1n) is 6.89. The maximum absolute atomic E-state index is 4.80. The Kier molecular flexibility index (Phi) is 5.01. The molecule has 106 valence electrons. The summed E-state index contributed by atoms with van der Waals surface area (Å²) in [6, 6.07) is 0. The molecule has 0 spiro atoms. The average Bonchev–Trinajstić information content (AvgIpc) is 2.42. The van der Waals surface area contributed by atoms with Gasteiger partial charge in [0.25, 0.3) is 0 Å². The third kappa shape index (κ3) is 3.19. The second kappa shape index (κ2) is 6.35. The van der Waals surface area contributed by atoms with Crippen molar-refractivity contribution in [1.82, 2.24) is 9.97 Å². The molecule has 0 aliphatic carbocycles. The average molecular weight is 297 g/mol. The molecular weight excluding hydrogens is 274 g/mol. The summed E-state index contributed by atoms with van der Waals surface area (Å²) in [7, 11) is 1.94. The first kappa shape index (κ1) is 15.0. The minimum Gasteiger partial charge on any atom is -0.373 e. The molecule has 0 aromatic carbocycles. The molecule has 1 fully saturated rings. The van der Waals surface area contributed by atoms with Crippen LogP contribution in [0.1, 0.15) is 43.1 Å². The van der Waals surface area contributed by atoms with Gasteiger partial charge in [-0.1, -0.05) is 20.8 Å². The summed E-state index contributed by atoms with van der Waals surface area (Å²) in [6.07, 6.45) is 0.965. The lowest BCUT2D eigenvalue weighted by Gasteiger charge is -2.30. The molecule has 1 N–H and O–H groups in total. The van der Waals surface area contributed by atoms with Gasteiger partial charge in [0.15, 0.2) is 0 Å². The van der Waals surface area contributed by atoms with Gasteiger partial charge in [-0.3, -0.25) is 0 Å². The molecule has 3 nitrogen and oxygen atoms in total. The monoisotopic (exact) mass is 297 g/mol. The zero-order chi connectivity index (χ0) is 14.0. The Morgan fingerprint density at radius 1 is 1.26 bits per heavy atom. The molecule has 1 aromatic heterocycles. The summed E-state index contributed by atoms with van der Waals surface area (Å²) in [5.74, 6) is 3.10. The van der Waals surface area contributed by atoms with E-state index in [0.29, 0.717) is 10.5 Å². The van der Waals surface area contributed by atoms with Gasteiger partial charge in [0, 0.05) is 34.6 Å². The number of rotatable bonds is 3. The van der Waals surface area contributed by atoms with E-state index >= 15 is 0 Å². The van der Waals surface area contributed by atoms with E-state index in [1.165, 1.54) is 11.3 Å². The number of nitrogens with zero attached hydrogens (tertiary/aromatic N) is 2. The largest absolute Gasteiger partial charge is 0.373 e. The van der Waals surface area contributed by atoms with Crippen molar-refractivity contribution in [2.24, 2.45) is 0 Å². The summed E-state index contributed by atoms with van der Waals surface area (Å²) < 4.78 is 0. The highest BCUT2D eigenvalue weighted by Gasteiger charge is 2.29. The number of hydrogen-bond acceptors (Lipinski definition) is 5. The van der Waals surface area contributed by atoms with Gasteiger partial charge in [0.05, 0.1) is 5.25 Å². The van der Waals surface area contributed by atoms with E-state index in [1.807, 2.05) is 30.6 Å². The molecule has 3 unspecified atom stereocenters. The van der Waals surface area contributed by atoms with Crippen molar-refractivity contribution < 1.29 is 0 Å². The van der Waals surface area contributed by atoms with Crippen LogP contribution in [0, 0.1) is 6.92 Å². The Hall–Kier alpha value is -0.420. The van der Waals surface area contributed by atoms with Crippen LogP contribution in [0.4, 0.5) is 5.82 Å². The second-order valence-electron chi connectivity index (χ2n) is 4.97. The molecule has 0 saturated carbocycles. The molecule has 5 heteroatoms. The van der Waals surface area contributed by atoms with Gasteiger partial charge >= 0.3 is 0 Å². The Balaban J connectivity index is 2.29. The lowest BCUT2D eigenvalue weighted by molar-refractivity contribution is 0.836. The Bertz CT molecular complexity index is 425. The summed E-state index contributed by atoms with van der Waals surface area (Å²) in [5, 5.41) is 5.01. The van der Waals surface area contributed by atoms with Crippen LogP contribution in [-0.4, -0.2) is 33.3 Å². The normalized spacial score (nSPS) is 27.3. The minimum atomic E-state index is 0.425. The van der Waals surface area contributed by atoms with Gasteiger partial charge in [0.1, 0.15) is 11.6 Å². The number of nitrogens with one attached hydrogen (secondary N) is 1. The maximum Gasteiger partial charge on any atom is 0.144 e. The molecule has 1 saturated heterocycles. The molecule has 0 bridgehead atoms. The molecule has 2 rings (SSSR count). The molecule has 0 radical (unpaired) electrons. The summed E-state index contributed by atoms with van der Waals surface area (Å²) in [6.45, 7) is 8.88. The third-order valence-electron chi connectivity index (χ3n) is 3.67. The van der Waals surface area contributed by atoms with Gasteiger partial charge in [0.2, 0.25) is 0 Å². The highest BCUT2D eigenvalue weighted by molar-refractivity contribution is 8.07. The highest BCUT2D eigenvalue weighted by Crippen LogP contribution is 2.43. The molecule has 0 amide bonds. The first-order chi connectivity index (χ1) is 9.06. The fourth-order valence-electron chi connectivity index (χ4n) is 2.23. The van der Waals surface area contributed by atoms with E-state index in [-0.39, 0.29) is 0 Å². The molecule has 1 aliphatic rings. The zero-order valence-corrected chi connectivity index (χ0v) is 14.0. The van der Waals surface area contributed by atoms with Crippen molar-refractivity contribution in [3.8, 4) is 0 Å². The summed E-state index contributed by atoms with van der Waals surface area (Å²) in [5.41, 5.74) is 2.36. The van der Waals surface area contributed by atoms with Crippen LogP contribution < -0.4 is 5.32 Å². The SMILES string of the molecule is CCc1nc(C2CSC(C)C(C)S2)nc(NC)c1C. The Morgan fingerprint density at radius 3 is 2.58 bits per heavy atom. The Labute approximate surface area is 124 Å². The predicted molar refractivity (Wildman–Crippen MR) is 87.4 cm³/mol. The fraction of sp³-hybridized carbons (Fsp3) is 0.714. The molecular formula is C14H23N3S2. The second-order valence-corrected chi connectivity index (χ2v) is 7.97. The predicted octanol–water partition coefficient (Wildman–Crippen LogP) is 3.69. The van der Waals surface area contributed by atoms with Crippen molar-refractivity contribution >= 4 is 29.3 Å². The van der Waals surface area contributed by atoms with Crippen LogP contribution in [0.3, 0.4) is 0 Å². The van der Waals surface area contributed by atoms with Crippen LogP contribution in [-0.2, 0) is 6.42 Å². The standard InChI is InChI=1S/C14H23N3S2/c1-6-11-8(2)13(15-5)17-14(16-11)12-7-18-9(3)10(4)19-12/h9-10,12H,6-7H2,1-5H3,(H,15,16,17). The lowest BCUT2D eigenvalue weighted by atomic mass is 10.2. The molecule has 1 aliphatic heterocycles. The van der Waals surface area contributed by atoms with Crippen molar-refractivity contribution in [2.75, 3.05) is 18.1 Å². The zero-order valence-electron chi connectivity index (χ0n) is 12.4. The van der Waals surface area contributed by atoms with Crippen molar-refractivity contribution in [2.45, 2.75) is 49.9 Å². The van der Waals surface area contributed by atoms with Crippen LogP contribution >= 0.6 is 23.5 Å². The van der Waals surface area contributed by atoms with Crippen LogP contribution in [0.5, 0.6) is 0 Å². The number of aryl methyl sites for hydroxylation is 1. The topological polar surface area (TPSA) is 37.8 Å². The number of aromatic nitrogens is 2. The third-order valence-corrected chi connectivity index (χ3v) is 7.06. The number of thioether (sulfide) groups is 2. The van der Waals surface area contributed by atoms with Gasteiger partial charge in [-0.2, -0.15) is 11.8 Å². The summed E-state index contributed by atoms with van der Waals surface area (Å²) in [4.78, 5) is 9.52. The molecule has 1 aromatic rings. The Morgan fingerprint density at radius 2 is 2.00 bits per heavy atom. The van der Waals surface area contributed by atoms with E-state index in [1.54, 1.807) is 0 Å². The van der Waals surface area contributed by atoms with Crippen LogP contribution in [0.25, 0.3) is 0 Å². The van der Waals surface area contributed by atoms with Crippen molar-refractivity contribution in [1.29, 1.82) is 0 Å². The smallest absolute Gasteiger partial charge is 0.144 e. The highest BCUT2D eigenvalue weighted by atomic mass is 32.2. The van der Waals surface area contributed by atoms with E-state index in [2.05, 4.69) is 33.0 Å². The van der Waals surface area contributed by atoms with E-state index in [9.17, 15) is 0 Å². The number of anilines is 1. The van der Waals surface area contributed by atoms with E-state index in [0.717, 1.165) is 29.1 Å². The maximum atomic E-state index is 4.80. The van der Waals surface area contributed by atoms with Gasteiger partial charge in [-0.25, -0.2) is 9.97 Å². The molecule has 19 heavy (non-hydrogen) atoms. The van der Waals surface area contributed by atoms with Crippen LogP contribution in [0.15, 0.2) is 0 Å². The lowest BCUT2D eigenvalue weighted by Crippen LogP contribution is -2.23. The molecule has 2 heterocycles. The fourth-order valence-corrected chi connectivity index (χ4v) is 5.08. The van der Waals surface area contributed by atoms with Gasteiger partial charge in [-0.05, 0) is 13.3 Å². The van der Waals surface area contributed by atoms with E-state index in [4.69, 9.17) is 9.97 Å². The quantitative estimate of drug-likeness (QED) is 0.921. The van der Waals surface area contributed by atoms with Crippen LogP contribution in [0.2, 0.25) is 0 Å². The first-order valence-corrected chi connectivity index (χ1v) is 8.88. The van der Waals surface area contributed by atoms with Gasteiger partial charge < -0.3 is 5.32 Å². The number of hydrogen-bond donors (Lipinski definition) is 1. The van der Waals surface area contributed by atoms with Crippen molar-refractivity contribution in [3.05, 3.63) is 17.1 Å². The summed E-state index contributed by atoms with van der Waals surface area (Å²) >= 11 is 4.06. The van der Waals surface area contributed by atoms with Gasteiger partial charge in [-0.15, -0.1) is 11.8 Å². The van der Waals surface area contributed by atoms with Crippen molar-refractivity contribution in [3.63, 3.8) is 0 Å².